The summed E-state index contributed by atoms with van der Waals surface area (Å²) in [4.78, 5) is 37.0. The Bertz CT molecular complexity index is 866. The SMILES string of the molecule is CN1C(=O)c2ccc(C(=O)NCCOc3cccc(Cl)c3)cc2C1=O. The van der Waals surface area contributed by atoms with Gasteiger partial charge in [0.05, 0.1) is 17.7 Å². The van der Waals surface area contributed by atoms with Gasteiger partial charge in [-0.1, -0.05) is 17.7 Å². The predicted octanol–water partition coefficient (Wildman–Crippen LogP) is 2.37. The third-order valence-corrected chi connectivity index (χ3v) is 4.04. The van der Waals surface area contributed by atoms with Gasteiger partial charge in [0.2, 0.25) is 0 Å². The van der Waals surface area contributed by atoms with Crippen molar-refractivity contribution in [2.45, 2.75) is 0 Å². The van der Waals surface area contributed by atoms with E-state index in [0.29, 0.717) is 21.9 Å². The third-order valence-electron chi connectivity index (χ3n) is 3.80. The Labute approximate surface area is 149 Å². The number of imide groups is 1. The minimum absolute atomic E-state index is 0.246. The summed E-state index contributed by atoms with van der Waals surface area (Å²) < 4.78 is 5.49. The van der Waals surface area contributed by atoms with Crippen molar-refractivity contribution in [2.24, 2.45) is 0 Å². The number of hydrogen-bond donors (Lipinski definition) is 1. The van der Waals surface area contributed by atoms with Gasteiger partial charge in [-0.2, -0.15) is 0 Å². The van der Waals surface area contributed by atoms with Crippen LogP contribution >= 0.6 is 11.6 Å². The first-order chi connectivity index (χ1) is 12.0. The fourth-order valence-electron chi connectivity index (χ4n) is 2.49. The van der Waals surface area contributed by atoms with E-state index in [1.807, 2.05) is 0 Å². The molecular formula is C18H15ClN2O4. The highest BCUT2D eigenvalue weighted by atomic mass is 35.5. The summed E-state index contributed by atoms with van der Waals surface area (Å²) in [5.41, 5.74) is 0.877. The van der Waals surface area contributed by atoms with Crippen molar-refractivity contribution in [2.75, 3.05) is 20.2 Å². The number of carbonyl (C=O) groups excluding carboxylic acids is 3. The Morgan fingerprint density at radius 3 is 2.64 bits per heavy atom. The maximum absolute atomic E-state index is 12.2. The molecule has 0 bridgehead atoms. The highest BCUT2D eigenvalue weighted by Crippen LogP contribution is 2.22. The second-order valence-corrected chi connectivity index (χ2v) is 5.93. The number of ether oxygens (including phenoxy) is 1. The molecule has 0 spiro atoms. The Hall–Kier alpha value is -2.86. The van der Waals surface area contributed by atoms with Gasteiger partial charge in [0.1, 0.15) is 12.4 Å². The third kappa shape index (κ3) is 3.49. The zero-order chi connectivity index (χ0) is 18.0. The monoisotopic (exact) mass is 358 g/mol. The van der Waals surface area contributed by atoms with E-state index >= 15 is 0 Å². The highest BCUT2D eigenvalue weighted by Gasteiger charge is 2.33. The second kappa shape index (κ2) is 6.94. The average molecular weight is 359 g/mol. The molecule has 0 saturated heterocycles. The molecule has 0 atom stereocenters. The molecule has 1 aliphatic heterocycles. The minimum Gasteiger partial charge on any atom is -0.492 e. The Balaban J connectivity index is 1.57. The van der Waals surface area contributed by atoms with Crippen LogP contribution < -0.4 is 10.1 Å². The number of hydrogen-bond acceptors (Lipinski definition) is 4. The van der Waals surface area contributed by atoms with E-state index in [2.05, 4.69) is 5.32 Å². The van der Waals surface area contributed by atoms with Crippen LogP contribution in [-0.4, -0.2) is 42.8 Å². The van der Waals surface area contributed by atoms with E-state index in [1.165, 1.54) is 25.2 Å². The minimum atomic E-state index is -0.404. The first-order valence-corrected chi connectivity index (χ1v) is 7.98. The predicted molar refractivity (Wildman–Crippen MR) is 92.1 cm³/mol. The number of amides is 3. The maximum Gasteiger partial charge on any atom is 0.261 e. The van der Waals surface area contributed by atoms with Gasteiger partial charge in [-0.25, -0.2) is 0 Å². The topological polar surface area (TPSA) is 75.7 Å². The summed E-state index contributed by atoms with van der Waals surface area (Å²) in [6.07, 6.45) is 0. The van der Waals surface area contributed by atoms with Crippen molar-refractivity contribution in [3.63, 3.8) is 0 Å². The van der Waals surface area contributed by atoms with Gasteiger partial charge in [0.25, 0.3) is 17.7 Å². The molecule has 0 aliphatic carbocycles. The highest BCUT2D eigenvalue weighted by molar-refractivity contribution is 6.30. The molecule has 0 saturated carbocycles. The van der Waals surface area contributed by atoms with Crippen molar-refractivity contribution < 1.29 is 19.1 Å². The average Bonchev–Trinajstić information content (AvgIpc) is 2.83. The molecule has 1 N–H and O–H groups in total. The van der Waals surface area contributed by atoms with Crippen LogP contribution in [0.3, 0.4) is 0 Å². The summed E-state index contributed by atoms with van der Waals surface area (Å²) in [7, 11) is 1.41. The van der Waals surface area contributed by atoms with Gasteiger partial charge in [-0.05, 0) is 36.4 Å². The van der Waals surface area contributed by atoms with Gasteiger partial charge in [0, 0.05) is 17.6 Å². The van der Waals surface area contributed by atoms with Crippen LogP contribution in [0.4, 0.5) is 0 Å². The fraction of sp³-hybridized carbons (Fsp3) is 0.167. The van der Waals surface area contributed by atoms with Gasteiger partial charge in [-0.15, -0.1) is 0 Å². The number of halogens is 1. The van der Waals surface area contributed by atoms with Crippen LogP contribution in [0.25, 0.3) is 0 Å². The molecule has 6 nitrogen and oxygen atoms in total. The van der Waals surface area contributed by atoms with E-state index in [4.69, 9.17) is 16.3 Å². The Morgan fingerprint density at radius 2 is 1.88 bits per heavy atom. The van der Waals surface area contributed by atoms with Crippen LogP contribution in [0.15, 0.2) is 42.5 Å². The van der Waals surface area contributed by atoms with Crippen molar-refractivity contribution in [3.05, 3.63) is 64.2 Å². The summed E-state index contributed by atoms with van der Waals surface area (Å²) in [6.45, 7) is 0.562. The van der Waals surface area contributed by atoms with Crippen LogP contribution in [0.1, 0.15) is 31.1 Å². The molecule has 0 unspecified atom stereocenters. The van der Waals surface area contributed by atoms with Crippen molar-refractivity contribution in [3.8, 4) is 5.75 Å². The molecular weight excluding hydrogens is 344 g/mol. The maximum atomic E-state index is 12.2. The molecule has 0 radical (unpaired) electrons. The van der Waals surface area contributed by atoms with Crippen LogP contribution in [-0.2, 0) is 0 Å². The van der Waals surface area contributed by atoms with Crippen LogP contribution in [0.2, 0.25) is 5.02 Å². The van der Waals surface area contributed by atoms with Crippen molar-refractivity contribution in [1.82, 2.24) is 10.2 Å². The van der Waals surface area contributed by atoms with E-state index in [9.17, 15) is 14.4 Å². The molecule has 0 aromatic heterocycles. The zero-order valence-corrected chi connectivity index (χ0v) is 14.2. The van der Waals surface area contributed by atoms with Gasteiger partial charge in [0.15, 0.2) is 0 Å². The lowest BCUT2D eigenvalue weighted by atomic mass is 10.1. The lowest BCUT2D eigenvalue weighted by Gasteiger charge is -2.08. The molecule has 0 fully saturated rings. The van der Waals surface area contributed by atoms with Gasteiger partial charge in [-0.3, -0.25) is 19.3 Å². The van der Waals surface area contributed by atoms with Crippen LogP contribution in [0.5, 0.6) is 5.75 Å². The molecule has 1 aliphatic rings. The molecule has 2 aromatic carbocycles. The fourth-order valence-corrected chi connectivity index (χ4v) is 2.68. The van der Waals surface area contributed by atoms with E-state index in [0.717, 1.165) is 4.90 Å². The molecule has 25 heavy (non-hydrogen) atoms. The number of carbonyl (C=O) groups is 3. The first-order valence-electron chi connectivity index (χ1n) is 7.60. The van der Waals surface area contributed by atoms with Gasteiger partial charge < -0.3 is 10.1 Å². The number of nitrogens with zero attached hydrogens (tertiary/aromatic N) is 1. The summed E-state index contributed by atoms with van der Waals surface area (Å²) >= 11 is 5.86. The standard InChI is InChI=1S/C18H15ClN2O4/c1-21-17(23)14-6-5-11(9-15(14)18(21)24)16(22)20-7-8-25-13-4-2-3-12(19)10-13/h2-6,9-10H,7-8H2,1H3,(H,20,22). The number of rotatable bonds is 5. The molecule has 128 valence electrons. The molecule has 7 heteroatoms. The summed E-state index contributed by atoms with van der Waals surface area (Å²) in [5.74, 6) is -0.487. The molecule has 2 aromatic rings. The van der Waals surface area contributed by atoms with Crippen molar-refractivity contribution >= 4 is 29.3 Å². The Kier molecular flexibility index (Phi) is 4.72. The lowest BCUT2D eigenvalue weighted by molar-refractivity contribution is 0.0693. The lowest BCUT2D eigenvalue weighted by Crippen LogP contribution is -2.28. The van der Waals surface area contributed by atoms with Gasteiger partial charge >= 0.3 is 0 Å². The number of nitrogens with one attached hydrogen (secondary N) is 1. The first kappa shape index (κ1) is 17.0. The van der Waals surface area contributed by atoms with E-state index in [-0.39, 0.29) is 30.5 Å². The summed E-state index contributed by atoms with van der Waals surface area (Å²) in [5, 5.41) is 3.28. The zero-order valence-electron chi connectivity index (χ0n) is 13.4. The molecule has 3 amide bonds. The quantitative estimate of drug-likeness (QED) is 0.657. The van der Waals surface area contributed by atoms with E-state index < -0.39 is 5.91 Å². The van der Waals surface area contributed by atoms with Crippen LogP contribution in [0, 0.1) is 0 Å². The largest absolute Gasteiger partial charge is 0.492 e. The normalized spacial score (nSPS) is 13.0. The molecule has 1 heterocycles. The second-order valence-electron chi connectivity index (χ2n) is 5.49. The number of benzene rings is 2. The summed E-state index contributed by atoms with van der Waals surface area (Å²) in [6, 6.07) is 11.4. The van der Waals surface area contributed by atoms with E-state index in [1.54, 1.807) is 24.3 Å². The molecule has 3 rings (SSSR count). The number of fused-ring (bicyclic) bond motifs is 1. The smallest absolute Gasteiger partial charge is 0.261 e. The Morgan fingerprint density at radius 1 is 1.12 bits per heavy atom. The van der Waals surface area contributed by atoms with Crippen molar-refractivity contribution in [1.29, 1.82) is 0 Å².